The summed E-state index contributed by atoms with van der Waals surface area (Å²) in [4.78, 5) is 20.3. The number of nitrogens with one attached hydrogen (secondary N) is 1. The van der Waals surface area contributed by atoms with E-state index < -0.39 is 12.3 Å². The molecule has 118 valence electrons. The summed E-state index contributed by atoms with van der Waals surface area (Å²) in [6.45, 7) is 1.89. The zero-order valence-electron chi connectivity index (χ0n) is 12.2. The second-order valence-corrected chi connectivity index (χ2v) is 4.95. The minimum Gasteiger partial charge on any atom is -0.348 e. The van der Waals surface area contributed by atoms with Gasteiger partial charge in [0.15, 0.2) is 5.65 Å². The highest BCUT2D eigenvalue weighted by atomic mass is 19.3. The molecule has 3 heterocycles. The third-order valence-electron chi connectivity index (χ3n) is 3.30. The van der Waals surface area contributed by atoms with Gasteiger partial charge >= 0.3 is 0 Å². The van der Waals surface area contributed by atoms with Crippen molar-refractivity contribution in [1.82, 2.24) is 24.9 Å². The molecule has 0 saturated carbocycles. The van der Waals surface area contributed by atoms with Crippen molar-refractivity contribution in [2.24, 2.45) is 0 Å². The van der Waals surface area contributed by atoms with Gasteiger partial charge in [0, 0.05) is 24.6 Å². The Bertz CT molecular complexity index is 848. The molecule has 1 amide bonds. The van der Waals surface area contributed by atoms with Crippen molar-refractivity contribution in [1.29, 1.82) is 0 Å². The Kier molecular flexibility index (Phi) is 3.96. The number of rotatable bonds is 4. The predicted octanol–water partition coefficient (Wildman–Crippen LogP) is 2.30. The molecule has 3 aromatic heterocycles. The van der Waals surface area contributed by atoms with E-state index in [2.05, 4.69) is 20.4 Å². The summed E-state index contributed by atoms with van der Waals surface area (Å²) >= 11 is 0. The Morgan fingerprint density at radius 3 is 2.78 bits per heavy atom. The van der Waals surface area contributed by atoms with Crippen LogP contribution in [0.3, 0.4) is 0 Å². The van der Waals surface area contributed by atoms with Crippen molar-refractivity contribution in [3.05, 3.63) is 59.3 Å². The van der Waals surface area contributed by atoms with Crippen molar-refractivity contribution in [2.75, 3.05) is 0 Å². The predicted molar refractivity (Wildman–Crippen MR) is 78.1 cm³/mol. The number of halogens is 2. The van der Waals surface area contributed by atoms with Gasteiger partial charge < -0.3 is 5.32 Å². The molecular weight excluding hydrogens is 304 g/mol. The largest absolute Gasteiger partial charge is 0.348 e. The Morgan fingerprint density at radius 1 is 1.35 bits per heavy atom. The molecule has 0 aromatic carbocycles. The number of amides is 1. The van der Waals surface area contributed by atoms with Crippen molar-refractivity contribution < 1.29 is 13.6 Å². The maximum Gasteiger partial charge on any atom is 0.280 e. The van der Waals surface area contributed by atoms with Crippen LogP contribution in [0.5, 0.6) is 0 Å². The summed E-state index contributed by atoms with van der Waals surface area (Å²) in [7, 11) is 0. The van der Waals surface area contributed by atoms with Crippen LogP contribution in [0.4, 0.5) is 8.78 Å². The van der Waals surface area contributed by atoms with Gasteiger partial charge in [0.2, 0.25) is 0 Å². The molecule has 1 N–H and O–H groups in total. The number of aromatic nitrogens is 4. The van der Waals surface area contributed by atoms with Crippen LogP contribution in [0.1, 0.15) is 33.7 Å². The van der Waals surface area contributed by atoms with Crippen LogP contribution in [-0.2, 0) is 6.54 Å². The van der Waals surface area contributed by atoms with Crippen molar-refractivity contribution >= 4 is 11.6 Å². The zero-order valence-corrected chi connectivity index (χ0v) is 12.2. The standard InChI is InChI=1S/C15H13F2N5O/c1-9-6-12(13(16)17)22-14(21-9)11(8-20-22)15(23)19-7-10-2-4-18-5-3-10/h2-6,8,13H,7H2,1H3,(H,19,23). The van der Waals surface area contributed by atoms with E-state index in [1.807, 2.05) is 0 Å². The summed E-state index contributed by atoms with van der Waals surface area (Å²) in [6, 6.07) is 4.80. The molecule has 0 atom stereocenters. The minimum absolute atomic E-state index is 0.118. The first-order valence-electron chi connectivity index (χ1n) is 6.87. The molecule has 0 aliphatic rings. The first kappa shape index (κ1) is 15.0. The molecule has 3 aromatic rings. The molecule has 3 rings (SSSR count). The van der Waals surface area contributed by atoms with E-state index >= 15 is 0 Å². The molecule has 0 unspecified atom stereocenters. The van der Waals surface area contributed by atoms with Gasteiger partial charge in [-0.3, -0.25) is 9.78 Å². The van der Waals surface area contributed by atoms with Crippen LogP contribution in [-0.4, -0.2) is 25.5 Å². The van der Waals surface area contributed by atoms with Gasteiger partial charge in [0.1, 0.15) is 11.3 Å². The third-order valence-corrected chi connectivity index (χ3v) is 3.30. The van der Waals surface area contributed by atoms with Crippen LogP contribution < -0.4 is 5.32 Å². The quantitative estimate of drug-likeness (QED) is 0.801. The van der Waals surface area contributed by atoms with Crippen LogP contribution >= 0.6 is 0 Å². The number of nitrogens with zero attached hydrogens (tertiary/aromatic N) is 4. The highest BCUT2D eigenvalue weighted by molar-refractivity contribution is 5.99. The number of alkyl halides is 2. The smallest absolute Gasteiger partial charge is 0.280 e. The highest BCUT2D eigenvalue weighted by Crippen LogP contribution is 2.21. The Balaban J connectivity index is 1.89. The van der Waals surface area contributed by atoms with Gasteiger partial charge in [-0.25, -0.2) is 18.3 Å². The Labute approximate surface area is 130 Å². The van der Waals surface area contributed by atoms with E-state index in [9.17, 15) is 13.6 Å². The van der Waals surface area contributed by atoms with Gasteiger partial charge in [-0.05, 0) is 30.7 Å². The summed E-state index contributed by atoms with van der Waals surface area (Å²) in [5.41, 5.74) is 1.26. The number of carbonyl (C=O) groups excluding carboxylic acids is 1. The number of hydrogen-bond donors (Lipinski definition) is 1. The number of fused-ring (bicyclic) bond motifs is 1. The maximum absolute atomic E-state index is 13.1. The van der Waals surface area contributed by atoms with Gasteiger partial charge in [0.25, 0.3) is 12.3 Å². The number of aryl methyl sites for hydroxylation is 1. The second-order valence-electron chi connectivity index (χ2n) is 4.95. The fourth-order valence-corrected chi connectivity index (χ4v) is 2.21. The van der Waals surface area contributed by atoms with E-state index in [4.69, 9.17) is 0 Å². The fourth-order valence-electron chi connectivity index (χ4n) is 2.21. The van der Waals surface area contributed by atoms with Crippen LogP contribution in [0.25, 0.3) is 5.65 Å². The average molecular weight is 317 g/mol. The second kappa shape index (κ2) is 6.07. The SMILES string of the molecule is Cc1cc(C(F)F)n2ncc(C(=O)NCc3ccncc3)c2n1. The normalized spacial score (nSPS) is 11.1. The van der Waals surface area contributed by atoms with Crippen molar-refractivity contribution in [2.45, 2.75) is 19.9 Å². The van der Waals surface area contributed by atoms with E-state index in [-0.39, 0.29) is 16.9 Å². The lowest BCUT2D eigenvalue weighted by atomic mass is 10.2. The zero-order chi connectivity index (χ0) is 16.4. The maximum atomic E-state index is 13.1. The van der Waals surface area contributed by atoms with E-state index in [0.717, 1.165) is 10.1 Å². The van der Waals surface area contributed by atoms with E-state index in [1.54, 1.807) is 31.5 Å². The first-order chi connectivity index (χ1) is 11.1. The molecule has 0 saturated heterocycles. The lowest BCUT2D eigenvalue weighted by molar-refractivity contribution is 0.0952. The summed E-state index contributed by atoms with van der Waals surface area (Å²) in [5.74, 6) is -0.421. The van der Waals surface area contributed by atoms with Crippen molar-refractivity contribution in [3.8, 4) is 0 Å². The van der Waals surface area contributed by atoms with Crippen molar-refractivity contribution in [3.63, 3.8) is 0 Å². The summed E-state index contributed by atoms with van der Waals surface area (Å²) < 4.78 is 27.1. The minimum atomic E-state index is -2.70. The van der Waals surface area contributed by atoms with E-state index in [1.165, 1.54) is 12.3 Å². The lowest BCUT2D eigenvalue weighted by Crippen LogP contribution is -2.23. The number of pyridine rings is 1. The van der Waals surface area contributed by atoms with Gasteiger partial charge in [-0.15, -0.1) is 0 Å². The van der Waals surface area contributed by atoms with Crippen LogP contribution in [0, 0.1) is 6.92 Å². The molecule has 0 radical (unpaired) electrons. The number of carbonyl (C=O) groups is 1. The summed E-state index contributed by atoms with van der Waals surface area (Å²) in [6.07, 6.45) is 1.79. The number of hydrogen-bond acceptors (Lipinski definition) is 4. The molecule has 0 spiro atoms. The monoisotopic (exact) mass is 317 g/mol. The molecular formula is C15H13F2N5O. The fraction of sp³-hybridized carbons (Fsp3) is 0.200. The Hall–Kier alpha value is -2.90. The van der Waals surface area contributed by atoms with Gasteiger partial charge in [-0.1, -0.05) is 0 Å². The molecule has 0 bridgehead atoms. The molecule has 0 fully saturated rings. The van der Waals surface area contributed by atoms with Crippen LogP contribution in [0.2, 0.25) is 0 Å². The average Bonchev–Trinajstić information content (AvgIpc) is 2.96. The third kappa shape index (κ3) is 3.01. The molecule has 23 heavy (non-hydrogen) atoms. The molecule has 8 heteroatoms. The van der Waals surface area contributed by atoms with Gasteiger partial charge in [-0.2, -0.15) is 5.10 Å². The topological polar surface area (TPSA) is 72.2 Å². The summed E-state index contributed by atoms with van der Waals surface area (Å²) in [5, 5.41) is 6.57. The molecule has 6 nitrogen and oxygen atoms in total. The lowest BCUT2D eigenvalue weighted by Gasteiger charge is -2.06. The molecule has 0 aliphatic carbocycles. The highest BCUT2D eigenvalue weighted by Gasteiger charge is 2.20. The molecule has 0 aliphatic heterocycles. The first-order valence-corrected chi connectivity index (χ1v) is 6.87. The Morgan fingerprint density at radius 2 is 2.09 bits per heavy atom. The van der Waals surface area contributed by atoms with E-state index in [0.29, 0.717) is 12.2 Å². The van der Waals surface area contributed by atoms with Crippen LogP contribution in [0.15, 0.2) is 36.8 Å². The van der Waals surface area contributed by atoms with Gasteiger partial charge in [0.05, 0.1) is 6.20 Å².